The molecule has 186 valence electrons. The molecule has 36 heavy (non-hydrogen) atoms. The molecule has 0 spiro atoms. The van der Waals surface area contributed by atoms with Crippen LogP contribution in [0.15, 0.2) is 66.7 Å². The number of ether oxygens (including phenoxy) is 1. The molecule has 0 radical (unpaired) electrons. The molecule has 1 atom stereocenters. The van der Waals surface area contributed by atoms with Gasteiger partial charge in [-0.05, 0) is 67.4 Å². The maximum Gasteiger partial charge on any atom is 0.228 e. The number of amides is 1. The number of nitrogens with one attached hydrogen (secondary N) is 1. The maximum absolute atomic E-state index is 13.5. The van der Waals surface area contributed by atoms with Crippen LogP contribution in [0.25, 0.3) is 11.0 Å². The minimum Gasteiger partial charge on any atom is -0.497 e. The molecule has 1 fully saturated rings. The van der Waals surface area contributed by atoms with Gasteiger partial charge in [0.05, 0.1) is 35.6 Å². The molecule has 0 unspecified atom stereocenters. The van der Waals surface area contributed by atoms with Crippen molar-refractivity contribution in [3.63, 3.8) is 0 Å². The number of anilines is 1. The standard InChI is InChI=1S/C28H28ClFN4O2/c1-36-22-11-8-19(9-12-22)16-34-26-7-3-2-6-25(26)32-27(34)18-33-14-4-5-20(17-33)28(35)31-21-10-13-24(30)23(29)15-21/h2-3,6-13,15,20H,4-5,14,16-18H2,1H3,(H,31,35)/t20-/m1/s1. The third-order valence-corrected chi connectivity index (χ3v) is 6.95. The molecule has 1 amide bonds. The van der Waals surface area contributed by atoms with Crippen molar-refractivity contribution in [3.8, 4) is 5.75 Å². The van der Waals surface area contributed by atoms with Crippen LogP contribution in [0.2, 0.25) is 5.02 Å². The number of hydrogen-bond acceptors (Lipinski definition) is 4. The lowest BCUT2D eigenvalue weighted by Crippen LogP contribution is -2.40. The number of hydrogen-bond donors (Lipinski definition) is 1. The van der Waals surface area contributed by atoms with E-state index in [1.807, 2.05) is 30.3 Å². The Bertz CT molecular complexity index is 1370. The largest absolute Gasteiger partial charge is 0.497 e. The molecule has 4 aromatic rings. The minimum atomic E-state index is -0.504. The molecule has 6 nitrogen and oxygen atoms in total. The number of piperidine rings is 1. The van der Waals surface area contributed by atoms with Gasteiger partial charge in [0.2, 0.25) is 5.91 Å². The third-order valence-electron chi connectivity index (χ3n) is 6.66. The van der Waals surface area contributed by atoms with E-state index in [1.54, 1.807) is 7.11 Å². The number of likely N-dealkylation sites (tertiary alicyclic amines) is 1. The third kappa shape index (κ3) is 5.37. The average Bonchev–Trinajstić information content (AvgIpc) is 3.23. The number of rotatable bonds is 7. The first-order valence-electron chi connectivity index (χ1n) is 12.1. The van der Waals surface area contributed by atoms with Gasteiger partial charge in [0, 0.05) is 18.8 Å². The van der Waals surface area contributed by atoms with E-state index in [4.69, 9.17) is 21.3 Å². The Morgan fingerprint density at radius 1 is 1.14 bits per heavy atom. The van der Waals surface area contributed by atoms with Crippen LogP contribution in [0.1, 0.15) is 24.2 Å². The first-order chi connectivity index (χ1) is 17.5. The Morgan fingerprint density at radius 2 is 1.94 bits per heavy atom. The van der Waals surface area contributed by atoms with Gasteiger partial charge >= 0.3 is 0 Å². The summed E-state index contributed by atoms with van der Waals surface area (Å²) >= 11 is 5.87. The second-order valence-corrected chi connectivity index (χ2v) is 9.55. The fraction of sp³-hybridized carbons (Fsp3) is 0.286. The normalized spacial score (nSPS) is 16.2. The smallest absolute Gasteiger partial charge is 0.228 e. The van der Waals surface area contributed by atoms with E-state index < -0.39 is 5.82 Å². The molecule has 1 saturated heterocycles. The number of methoxy groups -OCH3 is 1. The molecule has 2 heterocycles. The Kier molecular flexibility index (Phi) is 7.20. The molecule has 1 aromatic heterocycles. The highest BCUT2D eigenvalue weighted by atomic mass is 35.5. The summed E-state index contributed by atoms with van der Waals surface area (Å²) in [7, 11) is 1.66. The van der Waals surface area contributed by atoms with Crippen molar-refractivity contribution in [2.75, 3.05) is 25.5 Å². The monoisotopic (exact) mass is 506 g/mol. The zero-order valence-corrected chi connectivity index (χ0v) is 20.8. The summed E-state index contributed by atoms with van der Waals surface area (Å²) in [4.78, 5) is 20.2. The number of nitrogens with zero attached hydrogens (tertiary/aromatic N) is 3. The van der Waals surface area contributed by atoms with Crippen LogP contribution in [0.4, 0.5) is 10.1 Å². The summed E-state index contributed by atoms with van der Waals surface area (Å²) in [5, 5.41) is 2.89. The van der Waals surface area contributed by atoms with Crippen LogP contribution in [-0.4, -0.2) is 40.6 Å². The van der Waals surface area contributed by atoms with E-state index in [1.165, 1.54) is 18.2 Å². The number of para-hydroxylation sites is 2. The van der Waals surface area contributed by atoms with E-state index in [9.17, 15) is 9.18 Å². The predicted molar refractivity (Wildman–Crippen MR) is 140 cm³/mol. The molecule has 8 heteroatoms. The van der Waals surface area contributed by atoms with Gasteiger partial charge in [-0.1, -0.05) is 35.9 Å². The Hall–Kier alpha value is -3.42. The van der Waals surface area contributed by atoms with Gasteiger partial charge < -0.3 is 14.6 Å². The predicted octanol–water partition coefficient (Wildman–Crippen LogP) is 5.74. The van der Waals surface area contributed by atoms with E-state index in [2.05, 4.69) is 33.0 Å². The van der Waals surface area contributed by atoms with Crippen LogP contribution in [0.3, 0.4) is 0 Å². The number of halogens is 2. The molecule has 3 aromatic carbocycles. The van der Waals surface area contributed by atoms with Gasteiger partial charge in [0.25, 0.3) is 0 Å². The minimum absolute atomic E-state index is 0.00571. The van der Waals surface area contributed by atoms with Gasteiger partial charge in [-0.25, -0.2) is 9.37 Å². The van der Waals surface area contributed by atoms with Crippen LogP contribution < -0.4 is 10.1 Å². The molecule has 5 rings (SSSR count). The zero-order valence-electron chi connectivity index (χ0n) is 20.1. The van der Waals surface area contributed by atoms with E-state index in [0.717, 1.165) is 47.6 Å². The van der Waals surface area contributed by atoms with Gasteiger partial charge in [-0.2, -0.15) is 0 Å². The molecular weight excluding hydrogens is 479 g/mol. The van der Waals surface area contributed by atoms with Crippen molar-refractivity contribution in [3.05, 3.63) is 89.0 Å². The molecular formula is C28H28ClFN4O2. The number of imidazole rings is 1. The highest BCUT2D eigenvalue weighted by molar-refractivity contribution is 6.31. The maximum atomic E-state index is 13.5. The van der Waals surface area contributed by atoms with Crippen LogP contribution in [-0.2, 0) is 17.9 Å². The quantitative estimate of drug-likeness (QED) is 0.347. The average molecular weight is 507 g/mol. The van der Waals surface area contributed by atoms with Crippen molar-refractivity contribution in [2.45, 2.75) is 25.9 Å². The number of carbonyl (C=O) groups is 1. The number of fused-ring (bicyclic) bond motifs is 1. The van der Waals surface area contributed by atoms with Crippen LogP contribution in [0.5, 0.6) is 5.75 Å². The fourth-order valence-corrected chi connectivity index (χ4v) is 4.95. The van der Waals surface area contributed by atoms with Gasteiger partial charge in [-0.3, -0.25) is 9.69 Å². The summed E-state index contributed by atoms with van der Waals surface area (Å²) < 4.78 is 21.0. The highest BCUT2D eigenvalue weighted by Crippen LogP contribution is 2.25. The second kappa shape index (κ2) is 10.7. The summed E-state index contributed by atoms with van der Waals surface area (Å²) in [6, 6.07) is 20.5. The lowest BCUT2D eigenvalue weighted by atomic mass is 9.97. The second-order valence-electron chi connectivity index (χ2n) is 9.14. The van der Waals surface area contributed by atoms with Gasteiger partial charge in [-0.15, -0.1) is 0 Å². The number of benzene rings is 3. The Labute approximate surface area is 214 Å². The zero-order chi connectivity index (χ0) is 25.1. The summed E-state index contributed by atoms with van der Waals surface area (Å²) in [5.41, 5.74) is 3.71. The number of carbonyl (C=O) groups excluding carboxylic acids is 1. The lowest BCUT2D eigenvalue weighted by Gasteiger charge is -2.31. The van der Waals surface area contributed by atoms with Crippen LogP contribution in [0, 0.1) is 11.7 Å². The fourth-order valence-electron chi connectivity index (χ4n) is 4.77. The molecule has 1 aliphatic rings. The SMILES string of the molecule is COc1ccc(Cn2c(CN3CCC[C@@H](C(=O)Nc4ccc(F)c(Cl)c4)C3)nc3ccccc32)cc1. The highest BCUT2D eigenvalue weighted by Gasteiger charge is 2.27. The van der Waals surface area contributed by atoms with Crippen molar-refractivity contribution >= 4 is 34.2 Å². The first kappa shape index (κ1) is 24.3. The van der Waals surface area contributed by atoms with E-state index >= 15 is 0 Å². The summed E-state index contributed by atoms with van der Waals surface area (Å²) in [6.07, 6.45) is 1.72. The van der Waals surface area contributed by atoms with E-state index in [0.29, 0.717) is 25.3 Å². The summed E-state index contributed by atoms with van der Waals surface area (Å²) in [5.74, 6) is 1.06. The number of aromatic nitrogens is 2. The molecule has 0 bridgehead atoms. The van der Waals surface area contributed by atoms with Crippen molar-refractivity contribution in [1.82, 2.24) is 14.5 Å². The van der Waals surface area contributed by atoms with Gasteiger partial charge in [0.1, 0.15) is 17.4 Å². The Balaban J connectivity index is 1.32. The first-order valence-corrected chi connectivity index (χ1v) is 12.4. The molecule has 1 aliphatic heterocycles. The van der Waals surface area contributed by atoms with Crippen molar-refractivity contribution in [1.29, 1.82) is 0 Å². The van der Waals surface area contributed by atoms with Crippen molar-refractivity contribution in [2.24, 2.45) is 5.92 Å². The topological polar surface area (TPSA) is 59.4 Å². The Morgan fingerprint density at radius 3 is 2.72 bits per heavy atom. The van der Waals surface area contributed by atoms with Gasteiger partial charge in [0.15, 0.2) is 0 Å². The van der Waals surface area contributed by atoms with E-state index in [-0.39, 0.29) is 16.8 Å². The molecule has 1 N–H and O–H groups in total. The van der Waals surface area contributed by atoms with Crippen LogP contribution >= 0.6 is 11.6 Å². The van der Waals surface area contributed by atoms with Crippen molar-refractivity contribution < 1.29 is 13.9 Å². The molecule has 0 saturated carbocycles. The summed E-state index contributed by atoms with van der Waals surface area (Å²) in [6.45, 7) is 2.88. The molecule has 0 aliphatic carbocycles. The lowest BCUT2D eigenvalue weighted by molar-refractivity contribution is -0.121.